The van der Waals surface area contributed by atoms with E-state index in [2.05, 4.69) is 48.2 Å². The van der Waals surface area contributed by atoms with Gasteiger partial charge in [0.05, 0.1) is 11.9 Å². The zero-order valence-corrected chi connectivity index (χ0v) is 13.6. The van der Waals surface area contributed by atoms with Crippen molar-refractivity contribution in [3.8, 4) is 5.69 Å². The molecule has 1 saturated heterocycles. The summed E-state index contributed by atoms with van der Waals surface area (Å²) in [5.74, 6) is 0.656. The summed E-state index contributed by atoms with van der Waals surface area (Å²) >= 11 is 0. The van der Waals surface area contributed by atoms with E-state index in [4.69, 9.17) is 5.73 Å². The number of nitrogens with zero attached hydrogens (tertiary/aromatic N) is 3. The molecule has 1 atom stereocenters. The zero-order chi connectivity index (χ0) is 15.5. The minimum absolute atomic E-state index is 0.656. The van der Waals surface area contributed by atoms with Crippen LogP contribution in [0.3, 0.4) is 0 Å². The highest BCUT2D eigenvalue weighted by atomic mass is 15.3. The van der Waals surface area contributed by atoms with Gasteiger partial charge in [-0.25, -0.2) is 4.68 Å². The van der Waals surface area contributed by atoms with Crippen LogP contribution in [0.1, 0.15) is 29.5 Å². The Morgan fingerprint density at radius 2 is 2.14 bits per heavy atom. The van der Waals surface area contributed by atoms with E-state index in [0.717, 1.165) is 25.3 Å². The molecule has 2 heterocycles. The van der Waals surface area contributed by atoms with Crippen molar-refractivity contribution < 1.29 is 0 Å². The molecule has 2 aromatic rings. The Morgan fingerprint density at radius 3 is 2.91 bits per heavy atom. The van der Waals surface area contributed by atoms with Gasteiger partial charge in [0.25, 0.3) is 0 Å². The summed E-state index contributed by atoms with van der Waals surface area (Å²) in [4.78, 5) is 2.50. The Bertz CT molecular complexity index is 632. The van der Waals surface area contributed by atoms with Crippen molar-refractivity contribution in [3.05, 3.63) is 47.3 Å². The molecule has 0 spiro atoms. The Labute approximate surface area is 132 Å². The molecule has 2 N–H and O–H groups in total. The van der Waals surface area contributed by atoms with Crippen LogP contribution in [-0.2, 0) is 6.54 Å². The number of piperidine rings is 1. The Balaban J connectivity index is 1.69. The van der Waals surface area contributed by atoms with Gasteiger partial charge in [0.2, 0.25) is 0 Å². The highest BCUT2D eigenvalue weighted by molar-refractivity contribution is 5.39. The molecule has 0 saturated carbocycles. The summed E-state index contributed by atoms with van der Waals surface area (Å²) in [5.41, 5.74) is 10.8. The number of rotatable bonds is 4. The molecule has 3 rings (SSSR count). The molecule has 0 radical (unpaired) electrons. The number of hydrogen-bond acceptors (Lipinski definition) is 3. The van der Waals surface area contributed by atoms with Gasteiger partial charge in [-0.05, 0) is 69.0 Å². The second kappa shape index (κ2) is 6.63. The van der Waals surface area contributed by atoms with Gasteiger partial charge in [0.1, 0.15) is 0 Å². The predicted octanol–water partition coefficient (Wildman–Crippen LogP) is 2.66. The van der Waals surface area contributed by atoms with Gasteiger partial charge in [-0.2, -0.15) is 5.10 Å². The summed E-state index contributed by atoms with van der Waals surface area (Å²) < 4.78 is 1.98. The summed E-state index contributed by atoms with van der Waals surface area (Å²) in [6.45, 7) is 8.35. The molecule has 1 aromatic carbocycles. The van der Waals surface area contributed by atoms with Gasteiger partial charge in [0.15, 0.2) is 0 Å². The normalized spacial score (nSPS) is 19.5. The van der Waals surface area contributed by atoms with Gasteiger partial charge in [-0.3, -0.25) is 4.90 Å². The summed E-state index contributed by atoms with van der Waals surface area (Å²) in [7, 11) is 0. The van der Waals surface area contributed by atoms with Crippen LogP contribution >= 0.6 is 0 Å². The van der Waals surface area contributed by atoms with Crippen LogP contribution in [0.2, 0.25) is 0 Å². The van der Waals surface area contributed by atoms with Gasteiger partial charge >= 0.3 is 0 Å². The van der Waals surface area contributed by atoms with Crippen molar-refractivity contribution in [1.29, 1.82) is 0 Å². The number of hydrogen-bond donors (Lipinski definition) is 1. The molecule has 0 bridgehead atoms. The molecule has 1 aliphatic rings. The minimum atomic E-state index is 0.656. The highest BCUT2D eigenvalue weighted by Crippen LogP contribution is 2.19. The first-order valence-electron chi connectivity index (χ1n) is 8.19. The fraction of sp³-hybridized carbons (Fsp3) is 0.500. The molecule has 0 aliphatic carbocycles. The van der Waals surface area contributed by atoms with Crippen LogP contribution in [0, 0.1) is 19.8 Å². The first-order valence-corrected chi connectivity index (χ1v) is 8.19. The molecule has 1 aromatic heterocycles. The van der Waals surface area contributed by atoms with Crippen molar-refractivity contribution in [1.82, 2.24) is 14.7 Å². The molecule has 1 unspecified atom stereocenters. The number of aryl methyl sites for hydroxylation is 2. The zero-order valence-electron chi connectivity index (χ0n) is 13.6. The molecule has 4 heteroatoms. The van der Waals surface area contributed by atoms with Gasteiger partial charge in [-0.1, -0.05) is 6.07 Å². The molecular formula is C18H26N4. The standard InChI is InChI=1S/C18H26N4/c1-14-5-6-18(8-15(14)2)22-13-17(10-20-22)12-21-7-3-4-16(9-19)11-21/h5-6,8,10,13,16H,3-4,7,9,11-12,19H2,1-2H3. The van der Waals surface area contributed by atoms with E-state index in [1.54, 1.807) is 0 Å². The third kappa shape index (κ3) is 3.39. The molecule has 4 nitrogen and oxygen atoms in total. The smallest absolute Gasteiger partial charge is 0.0648 e. The molecule has 1 aliphatic heterocycles. The maximum absolute atomic E-state index is 5.82. The molecular weight excluding hydrogens is 272 g/mol. The first kappa shape index (κ1) is 15.3. The molecule has 22 heavy (non-hydrogen) atoms. The largest absolute Gasteiger partial charge is 0.330 e. The van der Waals surface area contributed by atoms with Crippen LogP contribution in [0.5, 0.6) is 0 Å². The summed E-state index contributed by atoms with van der Waals surface area (Å²) in [6, 6.07) is 6.48. The monoisotopic (exact) mass is 298 g/mol. The van der Waals surface area contributed by atoms with Crippen LogP contribution < -0.4 is 5.73 Å². The van der Waals surface area contributed by atoms with Crippen LogP contribution in [0.15, 0.2) is 30.6 Å². The quantitative estimate of drug-likeness (QED) is 0.944. The van der Waals surface area contributed by atoms with E-state index in [9.17, 15) is 0 Å². The molecule has 1 fully saturated rings. The van der Waals surface area contributed by atoms with E-state index in [-0.39, 0.29) is 0 Å². The van der Waals surface area contributed by atoms with Crippen molar-refractivity contribution in [2.45, 2.75) is 33.2 Å². The van der Waals surface area contributed by atoms with Crippen molar-refractivity contribution in [2.24, 2.45) is 11.7 Å². The van der Waals surface area contributed by atoms with Crippen LogP contribution in [-0.4, -0.2) is 34.3 Å². The number of benzene rings is 1. The SMILES string of the molecule is Cc1ccc(-n2cc(CN3CCCC(CN)C3)cn2)cc1C. The van der Waals surface area contributed by atoms with E-state index in [1.165, 1.54) is 36.1 Å². The van der Waals surface area contributed by atoms with Gasteiger partial charge in [-0.15, -0.1) is 0 Å². The first-order chi connectivity index (χ1) is 10.7. The number of aromatic nitrogens is 2. The van der Waals surface area contributed by atoms with Gasteiger partial charge in [0, 0.05) is 24.8 Å². The lowest BCUT2D eigenvalue weighted by molar-refractivity contribution is 0.171. The fourth-order valence-corrected chi connectivity index (χ4v) is 3.20. The topological polar surface area (TPSA) is 47.1 Å². The van der Waals surface area contributed by atoms with E-state index in [0.29, 0.717) is 5.92 Å². The van der Waals surface area contributed by atoms with Crippen LogP contribution in [0.4, 0.5) is 0 Å². The maximum Gasteiger partial charge on any atom is 0.0648 e. The Kier molecular flexibility index (Phi) is 4.60. The van der Waals surface area contributed by atoms with Crippen molar-refractivity contribution in [2.75, 3.05) is 19.6 Å². The van der Waals surface area contributed by atoms with Crippen molar-refractivity contribution >= 4 is 0 Å². The third-order valence-corrected chi connectivity index (χ3v) is 4.73. The van der Waals surface area contributed by atoms with E-state index >= 15 is 0 Å². The number of likely N-dealkylation sites (tertiary alicyclic amines) is 1. The number of nitrogens with two attached hydrogens (primary N) is 1. The minimum Gasteiger partial charge on any atom is -0.330 e. The fourth-order valence-electron chi connectivity index (χ4n) is 3.20. The van der Waals surface area contributed by atoms with Gasteiger partial charge < -0.3 is 5.73 Å². The molecule has 0 amide bonds. The Hall–Kier alpha value is -1.65. The predicted molar refractivity (Wildman–Crippen MR) is 90.1 cm³/mol. The van der Waals surface area contributed by atoms with E-state index < -0.39 is 0 Å². The Morgan fingerprint density at radius 1 is 1.27 bits per heavy atom. The average molecular weight is 298 g/mol. The average Bonchev–Trinajstić information content (AvgIpc) is 2.98. The maximum atomic E-state index is 5.82. The van der Waals surface area contributed by atoms with Crippen molar-refractivity contribution in [3.63, 3.8) is 0 Å². The summed E-state index contributed by atoms with van der Waals surface area (Å²) in [5, 5.41) is 4.53. The summed E-state index contributed by atoms with van der Waals surface area (Å²) in [6.07, 6.45) is 6.67. The second-order valence-electron chi connectivity index (χ2n) is 6.54. The van der Waals surface area contributed by atoms with Crippen LogP contribution in [0.25, 0.3) is 5.69 Å². The van der Waals surface area contributed by atoms with E-state index in [1.807, 2.05) is 10.9 Å². The highest BCUT2D eigenvalue weighted by Gasteiger charge is 2.19. The lowest BCUT2D eigenvalue weighted by Crippen LogP contribution is -2.37. The lowest BCUT2D eigenvalue weighted by atomic mass is 9.98. The third-order valence-electron chi connectivity index (χ3n) is 4.73. The second-order valence-corrected chi connectivity index (χ2v) is 6.54. The molecule has 118 valence electrons. The lowest BCUT2D eigenvalue weighted by Gasteiger charge is -2.31.